The number of carbonyl (C=O) groups excluding carboxylic acids is 1. The fraction of sp³-hybridized carbons (Fsp3) is 0.667. The molecule has 1 aromatic heterocycles. The minimum atomic E-state index is -1.09. The largest absolute Gasteiger partial charge is 0.476 e. The molecule has 1 atom stereocenters. The Morgan fingerprint density at radius 2 is 2.21 bits per heavy atom. The third-order valence-electron chi connectivity index (χ3n) is 3.54. The molecule has 104 valence electrons. The second-order valence-corrected chi connectivity index (χ2v) is 5.06. The van der Waals surface area contributed by atoms with E-state index < -0.39 is 5.97 Å². The number of nitrogens with zero attached hydrogens (tertiary/aromatic N) is 4. The van der Waals surface area contributed by atoms with Crippen LogP contribution in [0.1, 0.15) is 43.2 Å². The van der Waals surface area contributed by atoms with Gasteiger partial charge in [-0.3, -0.25) is 4.79 Å². The van der Waals surface area contributed by atoms with Crippen LogP contribution in [0.4, 0.5) is 0 Å². The molecule has 0 saturated carbocycles. The molecule has 0 bridgehead atoms. The van der Waals surface area contributed by atoms with E-state index in [0.29, 0.717) is 25.4 Å². The Hall–Kier alpha value is -1.92. The number of carbonyl (C=O) groups is 2. The molecule has 1 saturated heterocycles. The Bertz CT molecular complexity index is 479. The normalized spacial score (nSPS) is 17.1. The first-order chi connectivity index (χ1) is 9.01. The quantitative estimate of drug-likeness (QED) is 0.851. The molecule has 1 aromatic rings. The van der Waals surface area contributed by atoms with E-state index in [1.165, 1.54) is 10.9 Å². The summed E-state index contributed by atoms with van der Waals surface area (Å²) in [5.41, 5.74) is -0.0654. The number of amides is 1. The lowest BCUT2D eigenvalue weighted by Gasteiger charge is -2.39. The minimum absolute atomic E-state index is 0.0430. The molecule has 7 heteroatoms. The minimum Gasteiger partial charge on any atom is -0.476 e. The Labute approximate surface area is 111 Å². The van der Waals surface area contributed by atoms with Crippen LogP contribution in [0, 0.1) is 5.92 Å². The van der Waals surface area contributed by atoms with Gasteiger partial charge in [-0.15, -0.1) is 5.10 Å². The summed E-state index contributed by atoms with van der Waals surface area (Å²) in [7, 11) is 0. The number of hydrogen-bond acceptors (Lipinski definition) is 4. The van der Waals surface area contributed by atoms with E-state index in [1.54, 1.807) is 4.90 Å². The van der Waals surface area contributed by atoms with Gasteiger partial charge in [-0.25, -0.2) is 9.48 Å². The van der Waals surface area contributed by atoms with Crippen LogP contribution >= 0.6 is 0 Å². The Kier molecular flexibility index (Phi) is 3.82. The molecular formula is C12H18N4O3. The van der Waals surface area contributed by atoms with Crippen molar-refractivity contribution in [3.05, 3.63) is 11.9 Å². The van der Waals surface area contributed by atoms with Gasteiger partial charge in [0.2, 0.25) is 5.91 Å². The summed E-state index contributed by atoms with van der Waals surface area (Å²) in [6, 6.07) is 0.0430. The zero-order valence-corrected chi connectivity index (χ0v) is 11.1. The Balaban J connectivity index is 1.85. The molecule has 1 unspecified atom stereocenters. The van der Waals surface area contributed by atoms with E-state index in [-0.39, 0.29) is 17.6 Å². The van der Waals surface area contributed by atoms with Crippen molar-refractivity contribution in [1.82, 2.24) is 19.9 Å². The first-order valence-electron chi connectivity index (χ1n) is 6.44. The highest BCUT2D eigenvalue weighted by Crippen LogP contribution is 2.22. The number of likely N-dealkylation sites (tertiary alicyclic amines) is 1. The molecule has 7 nitrogen and oxygen atoms in total. The second kappa shape index (κ2) is 5.38. The molecule has 1 aliphatic rings. The zero-order chi connectivity index (χ0) is 14.0. The van der Waals surface area contributed by atoms with Crippen molar-refractivity contribution >= 4 is 11.9 Å². The highest BCUT2D eigenvalue weighted by Gasteiger charge is 2.33. The summed E-state index contributed by atoms with van der Waals surface area (Å²) >= 11 is 0. The summed E-state index contributed by atoms with van der Waals surface area (Å²) in [6.07, 6.45) is 2.97. The maximum Gasteiger partial charge on any atom is 0.358 e. The first kappa shape index (κ1) is 13.5. The zero-order valence-electron chi connectivity index (χ0n) is 11.1. The number of carboxylic acid groups (broad SMARTS) is 1. The van der Waals surface area contributed by atoms with Crippen LogP contribution in [0.25, 0.3) is 0 Å². The lowest BCUT2D eigenvalue weighted by atomic mass is 10.0. The molecule has 19 heavy (non-hydrogen) atoms. The monoisotopic (exact) mass is 266 g/mol. The third-order valence-corrected chi connectivity index (χ3v) is 3.54. The van der Waals surface area contributed by atoms with E-state index >= 15 is 0 Å². The molecule has 0 aliphatic carbocycles. The summed E-state index contributed by atoms with van der Waals surface area (Å²) in [5, 5.41) is 16.1. The summed E-state index contributed by atoms with van der Waals surface area (Å²) < 4.78 is 1.52. The third kappa shape index (κ3) is 2.91. The van der Waals surface area contributed by atoms with E-state index in [2.05, 4.69) is 24.2 Å². The highest BCUT2D eigenvalue weighted by molar-refractivity contribution is 5.84. The van der Waals surface area contributed by atoms with Crippen LogP contribution in [0.3, 0.4) is 0 Å². The van der Waals surface area contributed by atoms with Crippen molar-refractivity contribution in [3.63, 3.8) is 0 Å². The van der Waals surface area contributed by atoms with Crippen LogP contribution in [0.2, 0.25) is 0 Å². The number of hydrogen-bond donors (Lipinski definition) is 1. The first-order valence-corrected chi connectivity index (χ1v) is 6.44. The standard InChI is InChI=1S/C12H18N4O3/c1-3-8(2)4-11(17)15-5-9(6-15)16-7-10(12(18)19)13-14-16/h7-9H,3-6H2,1-2H3,(H,18,19). The van der Waals surface area contributed by atoms with Crippen LogP contribution in [-0.4, -0.2) is 50.0 Å². The van der Waals surface area contributed by atoms with Crippen LogP contribution in [0.15, 0.2) is 6.20 Å². The topological polar surface area (TPSA) is 88.3 Å². The predicted octanol–water partition coefficient (Wildman–Crippen LogP) is 0.796. The summed E-state index contributed by atoms with van der Waals surface area (Å²) in [4.78, 5) is 24.3. The Morgan fingerprint density at radius 1 is 1.53 bits per heavy atom. The number of carboxylic acids is 1. The van der Waals surface area contributed by atoms with Gasteiger partial charge in [-0.05, 0) is 5.92 Å². The van der Waals surface area contributed by atoms with Gasteiger partial charge in [0.05, 0.1) is 12.2 Å². The van der Waals surface area contributed by atoms with Gasteiger partial charge in [0.1, 0.15) is 0 Å². The van der Waals surface area contributed by atoms with Gasteiger partial charge in [-0.2, -0.15) is 0 Å². The van der Waals surface area contributed by atoms with Crippen LogP contribution in [-0.2, 0) is 4.79 Å². The van der Waals surface area contributed by atoms with Gasteiger partial charge in [0.15, 0.2) is 5.69 Å². The van der Waals surface area contributed by atoms with Gasteiger partial charge < -0.3 is 10.0 Å². The molecule has 1 aliphatic heterocycles. The van der Waals surface area contributed by atoms with Crippen molar-refractivity contribution in [2.75, 3.05) is 13.1 Å². The maximum absolute atomic E-state index is 11.9. The van der Waals surface area contributed by atoms with E-state index in [4.69, 9.17) is 5.11 Å². The lowest BCUT2D eigenvalue weighted by molar-refractivity contribution is -0.138. The van der Waals surface area contributed by atoms with Crippen molar-refractivity contribution < 1.29 is 14.7 Å². The van der Waals surface area contributed by atoms with Gasteiger partial charge in [-0.1, -0.05) is 25.5 Å². The van der Waals surface area contributed by atoms with E-state index in [9.17, 15) is 9.59 Å². The smallest absolute Gasteiger partial charge is 0.358 e. The molecule has 1 fully saturated rings. The van der Waals surface area contributed by atoms with Crippen molar-refractivity contribution in [3.8, 4) is 0 Å². The molecule has 2 heterocycles. The fourth-order valence-electron chi connectivity index (χ4n) is 1.95. The molecule has 2 rings (SSSR count). The molecule has 1 N–H and O–H groups in total. The molecule has 0 radical (unpaired) electrons. The van der Waals surface area contributed by atoms with Crippen molar-refractivity contribution in [1.29, 1.82) is 0 Å². The SMILES string of the molecule is CCC(C)CC(=O)N1CC(n2cc(C(=O)O)nn2)C1. The number of aromatic nitrogens is 3. The van der Waals surface area contributed by atoms with Gasteiger partial charge >= 0.3 is 5.97 Å². The lowest BCUT2D eigenvalue weighted by Crippen LogP contribution is -2.51. The van der Waals surface area contributed by atoms with Gasteiger partial charge in [0, 0.05) is 19.5 Å². The molecular weight excluding hydrogens is 248 g/mol. The summed E-state index contributed by atoms with van der Waals surface area (Å²) in [5.74, 6) is -0.531. The average Bonchev–Trinajstić information content (AvgIpc) is 2.76. The maximum atomic E-state index is 11.9. The molecule has 1 amide bonds. The average molecular weight is 266 g/mol. The van der Waals surface area contributed by atoms with Crippen LogP contribution in [0.5, 0.6) is 0 Å². The van der Waals surface area contributed by atoms with Crippen LogP contribution < -0.4 is 0 Å². The van der Waals surface area contributed by atoms with E-state index in [1.807, 2.05) is 0 Å². The summed E-state index contributed by atoms with van der Waals surface area (Å²) in [6.45, 7) is 5.29. The van der Waals surface area contributed by atoms with E-state index in [0.717, 1.165) is 6.42 Å². The number of aromatic carboxylic acids is 1. The van der Waals surface area contributed by atoms with Crippen molar-refractivity contribution in [2.45, 2.75) is 32.7 Å². The Morgan fingerprint density at radius 3 is 2.74 bits per heavy atom. The molecule has 0 aromatic carbocycles. The number of rotatable bonds is 5. The predicted molar refractivity (Wildman–Crippen MR) is 66.7 cm³/mol. The fourth-order valence-corrected chi connectivity index (χ4v) is 1.95. The second-order valence-electron chi connectivity index (χ2n) is 5.06. The molecule has 0 spiro atoms. The van der Waals surface area contributed by atoms with Gasteiger partial charge in [0.25, 0.3) is 0 Å². The van der Waals surface area contributed by atoms with Crippen molar-refractivity contribution in [2.24, 2.45) is 5.92 Å². The highest BCUT2D eigenvalue weighted by atomic mass is 16.4.